The minimum absolute atomic E-state index is 0.0832. The second-order valence-electron chi connectivity index (χ2n) is 16.5. The van der Waals surface area contributed by atoms with Gasteiger partial charge < -0.3 is 41.8 Å². The lowest BCUT2D eigenvalue weighted by atomic mass is 9.43. The fourth-order valence-corrected chi connectivity index (χ4v) is 11.0. The van der Waals surface area contributed by atoms with E-state index < -0.39 is 24.0 Å². The maximum Gasteiger partial charge on any atom is 0.320 e. The molecule has 8 N–H and O–H groups in total. The average molecular weight is 707 g/mol. The number of nitrogens with one attached hydrogen (secondary N) is 2. The number of rotatable bonds is 19. The molecule has 0 heterocycles. The first kappa shape index (κ1) is 40.5. The summed E-state index contributed by atoms with van der Waals surface area (Å²) in [5.74, 6) is 1.14. The van der Waals surface area contributed by atoms with Gasteiger partial charge in [-0.2, -0.15) is 0 Å². The lowest BCUT2D eigenvalue weighted by Crippen LogP contribution is -2.59. The van der Waals surface area contributed by atoms with E-state index in [1.54, 1.807) is 0 Å². The van der Waals surface area contributed by atoms with Gasteiger partial charge in [0.1, 0.15) is 12.1 Å². The molecular formula is C38H66N4O8. The third-order valence-electron chi connectivity index (χ3n) is 13.7. The lowest BCUT2D eigenvalue weighted by Gasteiger charge is -2.63. The number of amides is 2. The Morgan fingerprint density at radius 2 is 1.40 bits per heavy atom. The summed E-state index contributed by atoms with van der Waals surface area (Å²) in [4.78, 5) is 46.4. The molecular weight excluding hydrogens is 640 g/mol. The molecule has 4 saturated carbocycles. The smallest absolute Gasteiger partial charge is 0.320 e. The van der Waals surface area contributed by atoms with Gasteiger partial charge in [-0.05, 0) is 111 Å². The van der Waals surface area contributed by atoms with E-state index in [2.05, 4.69) is 38.3 Å². The Kier molecular flexibility index (Phi) is 14.6. The standard InChI is InChI=1S/C38H66N4O8/c1-5-6-23(2)27-9-10-28-26-8-7-24-21-25(49-19-17-41-33(43)13-11-30(39)35(45)46)15-16-37(24,3)29(26)22-32(38(27,28)4)50-20-18-42-34(44)14-12-31(40)36(47)48/h23-32H,5-22,39-40H2,1-4H3,(H,41,43)(H,42,44)(H,45,46)(H,47,48)/t23-,24-,25-,26+,27-,28+,29+,30?,31?,32+,37+,38-/m1/s1. The van der Waals surface area contributed by atoms with Crippen molar-refractivity contribution in [2.75, 3.05) is 26.3 Å². The number of fused-ring (bicyclic) bond motifs is 5. The molecule has 12 nitrogen and oxygen atoms in total. The average Bonchev–Trinajstić information content (AvgIpc) is 3.44. The number of ether oxygens (including phenoxy) is 2. The van der Waals surface area contributed by atoms with E-state index in [4.69, 9.17) is 31.2 Å². The number of aliphatic carboxylic acids is 2. The van der Waals surface area contributed by atoms with Crippen molar-refractivity contribution in [3.05, 3.63) is 0 Å². The van der Waals surface area contributed by atoms with E-state index in [1.807, 2.05) is 0 Å². The number of carboxylic acids is 2. The zero-order valence-electron chi connectivity index (χ0n) is 31.0. The summed E-state index contributed by atoms with van der Waals surface area (Å²) >= 11 is 0. The van der Waals surface area contributed by atoms with Crippen LogP contribution in [0.5, 0.6) is 0 Å². The predicted octanol–water partition coefficient (Wildman–Crippen LogP) is 4.08. The van der Waals surface area contributed by atoms with Gasteiger partial charge in [-0.1, -0.05) is 40.5 Å². The van der Waals surface area contributed by atoms with Gasteiger partial charge in [-0.3, -0.25) is 19.2 Å². The van der Waals surface area contributed by atoms with Crippen LogP contribution < -0.4 is 22.1 Å². The summed E-state index contributed by atoms with van der Waals surface area (Å²) in [5, 5.41) is 23.7. The molecule has 286 valence electrons. The first-order valence-electron chi connectivity index (χ1n) is 19.5. The van der Waals surface area contributed by atoms with Gasteiger partial charge in [0.05, 0.1) is 25.4 Å². The highest BCUT2D eigenvalue weighted by Crippen LogP contribution is 2.69. The van der Waals surface area contributed by atoms with E-state index >= 15 is 0 Å². The molecule has 0 saturated heterocycles. The zero-order valence-corrected chi connectivity index (χ0v) is 31.0. The van der Waals surface area contributed by atoms with Gasteiger partial charge >= 0.3 is 11.9 Å². The van der Waals surface area contributed by atoms with E-state index in [9.17, 15) is 19.2 Å². The fraction of sp³-hybridized carbons (Fsp3) is 0.895. The molecule has 4 aliphatic carbocycles. The topological polar surface area (TPSA) is 203 Å². The molecule has 0 aromatic carbocycles. The van der Waals surface area contributed by atoms with Gasteiger partial charge in [-0.25, -0.2) is 0 Å². The molecule has 0 aromatic rings. The Hall–Kier alpha value is -2.28. The molecule has 0 bridgehead atoms. The Morgan fingerprint density at radius 3 is 1.98 bits per heavy atom. The van der Waals surface area contributed by atoms with Crippen LogP contribution >= 0.6 is 0 Å². The van der Waals surface area contributed by atoms with Crippen molar-refractivity contribution in [1.29, 1.82) is 0 Å². The van der Waals surface area contributed by atoms with Crippen molar-refractivity contribution < 1.29 is 38.9 Å². The number of hydrogen-bond acceptors (Lipinski definition) is 8. The molecule has 12 atom stereocenters. The third kappa shape index (κ3) is 9.38. The van der Waals surface area contributed by atoms with Crippen molar-refractivity contribution in [3.8, 4) is 0 Å². The SMILES string of the molecule is CCC[C@@H](C)[C@H]1CC[C@H]2[C@@H]3CC[C@@H]4C[C@H](OCCNC(=O)CCC(N)C(=O)O)CC[C@]4(C)[C@H]3C[C@H](OCCNC(=O)CCC(N)C(=O)O)[C@]12C. The minimum atomic E-state index is -1.10. The number of carboxylic acid groups (broad SMARTS) is 2. The Bertz CT molecular complexity index is 1170. The van der Waals surface area contributed by atoms with Crippen LogP contribution in [0.1, 0.15) is 118 Å². The highest BCUT2D eigenvalue weighted by atomic mass is 16.5. The van der Waals surface area contributed by atoms with Crippen LogP contribution in [0.15, 0.2) is 0 Å². The number of carbonyl (C=O) groups excluding carboxylic acids is 2. The van der Waals surface area contributed by atoms with Gasteiger partial charge in [0, 0.05) is 25.9 Å². The summed E-state index contributed by atoms with van der Waals surface area (Å²) in [5.41, 5.74) is 11.4. The molecule has 0 radical (unpaired) electrons. The molecule has 4 aliphatic rings. The minimum Gasteiger partial charge on any atom is -0.480 e. The van der Waals surface area contributed by atoms with Crippen molar-refractivity contribution >= 4 is 23.8 Å². The van der Waals surface area contributed by atoms with Crippen LogP contribution in [-0.2, 0) is 28.7 Å². The highest BCUT2D eigenvalue weighted by Gasteiger charge is 2.64. The van der Waals surface area contributed by atoms with Crippen molar-refractivity contribution in [2.45, 2.75) is 142 Å². The summed E-state index contributed by atoms with van der Waals surface area (Å²) in [6.07, 6.45) is 12.3. The van der Waals surface area contributed by atoms with E-state index in [0.717, 1.165) is 25.7 Å². The summed E-state index contributed by atoms with van der Waals surface area (Å²) < 4.78 is 13.2. The number of hydrogen-bond donors (Lipinski definition) is 6. The molecule has 50 heavy (non-hydrogen) atoms. The lowest BCUT2D eigenvalue weighted by molar-refractivity contribution is -0.192. The van der Waals surface area contributed by atoms with E-state index in [-0.39, 0.29) is 60.5 Å². The molecule has 2 unspecified atom stereocenters. The van der Waals surface area contributed by atoms with Gasteiger partial charge in [0.15, 0.2) is 0 Å². The predicted molar refractivity (Wildman–Crippen MR) is 190 cm³/mol. The van der Waals surface area contributed by atoms with Crippen LogP contribution in [0, 0.1) is 46.3 Å². The molecule has 0 aromatic heterocycles. The monoisotopic (exact) mass is 706 g/mol. The van der Waals surface area contributed by atoms with Gasteiger partial charge in [-0.15, -0.1) is 0 Å². The van der Waals surface area contributed by atoms with Crippen molar-refractivity contribution in [1.82, 2.24) is 10.6 Å². The van der Waals surface area contributed by atoms with Gasteiger partial charge in [0.25, 0.3) is 0 Å². The van der Waals surface area contributed by atoms with Crippen molar-refractivity contribution in [3.63, 3.8) is 0 Å². The Labute approximate surface area is 298 Å². The van der Waals surface area contributed by atoms with E-state index in [0.29, 0.717) is 61.8 Å². The second-order valence-corrected chi connectivity index (χ2v) is 16.5. The molecule has 2 amide bonds. The van der Waals surface area contributed by atoms with Gasteiger partial charge in [0.2, 0.25) is 11.8 Å². The van der Waals surface area contributed by atoms with Crippen LogP contribution in [0.2, 0.25) is 0 Å². The highest BCUT2D eigenvalue weighted by molar-refractivity contribution is 5.78. The van der Waals surface area contributed by atoms with Crippen LogP contribution in [0.4, 0.5) is 0 Å². The Balaban J connectivity index is 1.35. The van der Waals surface area contributed by atoms with Crippen LogP contribution in [0.25, 0.3) is 0 Å². The molecule has 12 heteroatoms. The number of carbonyl (C=O) groups is 4. The fourth-order valence-electron chi connectivity index (χ4n) is 11.0. The Morgan fingerprint density at radius 1 is 0.800 bits per heavy atom. The zero-order chi connectivity index (χ0) is 36.6. The van der Waals surface area contributed by atoms with Crippen LogP contribution in [0.3, 0.4) is 0 Å². The quantitative estimate of drug-likeness (QED) is 0.106. The molecule has 4 fully saturated rings. The summed E-state index contributed by atoms with van der Waals surface area (Å²) in [6.45, 7) is 11.4. The third-order valence-corrected chi connectivity index (χ3v) is 13.7. The maximum absolute atomic E-state index is 12.4. The second kappa shape index (κ2) is 18.0. The normalized spacial score (nSPS) is 35.1. The summed E-state index contributed by atoms with van der Waals surface area (Å²) in [6, 6.07) is -2.06. The largest absolute Gasteiger partial charge is 0.480 e. The van der Waals surface area contributed by atoms with Crippen molar-refractivity contribution in [2.24, 2.45) is 57.8 Å². The number of nitrogens with two attached hydrogens (primary N) is 2. The first-order chi connectivity index (χ1) is 23.7. The maximum atomic E-state index is 12.4. The summed E-state index contributed by atoms with van der Waals surface area (Å²) in [7, 11) is 0. The molecule has 0 aliphatic heterocycles. The van der Waals surface area contributed by atoms with Crippen LogP contribution in [-0.4, -0.2) is 84.6 Å². The first-order valence-corrected chi connectivity index (χ1v) is 19.5. The van der Waals surface area contributed by atoms with E-state index in [1.165, 1.54) is 38.5 Å². The molecule has 4 rings (SSSR count). The molecule has 0 spiro atoms.